The molecule has 0 fully saturated rings. The summed E-state index contributed by atoms with van der Waals surface area (Å²) < 4.78 is 1.76. The second-order valence-electron chi connectivity index (χ2n) is 3.80. The summed E-state index contributed by atoms with van der Waals surface area (Å²) in [5.41, 5.74) is 7.47. The SMILES string of the molecule is CC(N)c1nn2cc(-c3ccccn3)nc2s1.Cl. The molecule has 7 heteroatoms. The molecule has 1 unspecified atom stereocenters. The first-order valence-corrected chi connectivity index (χ1v) is 6.09. The van der Waals surface area contributed by atoms with E-state index in [9.17, 15) is 0 Å². The molecule has 0 saturated heterocycles. The third kappa shape index (κ3) is 2.22. The van der Waals surface area contributed by atoms with Gasteiger partial charge in [0, 0.05) is 6.20 Å². The Balaban J connectivity index is 0.00000120. The van der Waals surface area contributed by atoms with Crippen LogP contribution in [0.4, 0.5) is 0 Å². The molecule has 2 N–H and O–H groups in total. The number of fused-ring (bicyclic) bond motifs is 1. The van der Waals surface area contributed by atoms with Crippen molar-refractivity contribution in [2.24, 2.45) is 5.73 Å². The Morgan fingerprint density at radius 3 is 2.78 bits per heavy atom. The molecule has 3 aromatic heterocycles. The molecule has 94 valence electrons. The van der Waals surface area contributed by atoms with Gasteiger partial charge >= 0.3 is 0 Å². The molecule has 0 aliphatic heterocycles. The molecule has 0 aliphatic rings. The lowest BCUT2D eigenvalue weighted by atomic mass is 10.3. The number of rotatable bonds is 2. The molecule has 1 atom stereocenters. The first-order chi connectivity index (χ1) is 8.24. The van der Waals surface area contributed by atoms with Crippen LogP contribution in [-0.2, 0) is 0 Å². The molecule has 0 saturated carbocycles. The fraction of sp³-hybridized carbons (Fsp3) is 0.182. The predicted molar refractivity (Wildman–Crippen MR) is 73.9 cm³/mol. The molecule has 18 heavy (non-hydrogen) atoms. The Morgan fingerprint density at radius 1 is 1.33 bits per heavy atom. The maximum atomic E-state index is 5.78. The van der Waals surface area contributed by atoms with Gasteiger partial charge in [-0.15, -0.1) is 12.4 Å². The zero-order valence-electron chi connectivity index (χ0n) is 9.65. The topological polar surface area (TPSA) is 69.1 Å². The van der Waals surface area contributed by atoms with Crippen LogP contribution in [0.5, 0.6) is 0 Å². The minimum atomic E-state index is -0.0556. The van der Waals surface area contributed by atoms with Crippen molar-refractivity contribution in [3.8, 4) is 11.4 Å². The standard InChI is InChI=1S/C11H11N5S.ClH/c1-7(12)10-15-16-6-9(14-11(16)17-10)8-4-2-3-5-13-8;/h2-7H,12H2,1H3;1H. The molecule has 3 rings (SSSR count). The van der Waals surface area contributed by atoms with E-state index in [0.29, 0.717) is 0 Å². The normalized spacial score (nSPS) is 12.3. The Labute approximate surface area is 114 Å². The van der Waals surface area contributed by atoms with Crippen molar-refractivity contribution in [3.05, 3.63) is 35.6 Å². The third-order valence-electron chi connectivity index (χ3n) is 2.38. The fourth-order valence-electron chi connectivity index (χ4n) is 1.54. The fourth-order valence-corrected chi connectivity index (χ4v) is 2.37. The number of nitrogens with zero attached hydrogens (tertiary/aromatic N) is 4. The van der Waals surface area contributed by atoms with Crippen molar-refractivity contribution in [3.63, 3.8) is 0 Å². The predicted octanol–water partition coefficient (Wildman–Crippen LogP) is 2.29. The second kappa shape index (κ2) is 5.01. The maximum Gasteiger partial charge on any atom is 0.212 e. The van der Waals surface area contributed by atoms with Gasteiger partial charge in [0.25, 0.3) is 0 Å². The summed E-state index contributed by atoms with van der Waals surface area (Å²) in [6, 6.07) is 5.70. The summed E-state index contributed by atoms with van der Waals surface area (Å²) in [5.74, 6) is 0. The van der Waals surface area contributed by atoms with E-state index in [1.807, 2.05) is 31.3 Å². The largest absolute Gasteiger partial charge is 0.322 e. The van der Waals surface area contributed by atoms with Crippen LogP contribution < -0.4 is 5.73 Å². The number of aromatic nitrogens is 4. The van der Waals surface area contributed by atoms with Gasteiger partial charge in [0.1, 0.15) is 10.7 Å². The Hall–Kier alpha value is -1.50. The highest BCUT2D eigenvalue weighted by Crippen LogP contribution is 2.22. The van der Waals surface area contributed by atoms with Gasteiger partial charge in [0.15, 0.2) is 0 Å². The lowest BCUT2D eigenvalue weighted by Gasteiger charge is -1.95. The zero-order valence-corrected chi connectivity index (χ0v) is 11.3. The van der Waals surface area contributed by atoms with E-state index < -0.39 is 0 Å². The van der Waals surface area contributed by atoms with Crippen LogP contribution in [0.25, 0.3) is 16.3 Å². The monoisotopic (exact) mass is 281 g/mol. The van der Waals surface area contributed by atoms with E-state index in [2.05, 4.69) is 15.1 Å². The number of halogens is 1. The molecule has 3 aromatic rings. The summed E-state index contributed by atoms with van der Waals surface area (Å²) in [6.07, 6.45) is 3.63. The Kier molecular flexibility index (Phi) is 3.60. The number of imidazole rings is 1. The van der Waals surface area contributed by atoms with E-state index in [1.54, 1.807) is 10.7 Å². The molecular weight excluding hydrogens is 270 g/mol. The van der Waals surface area contributed by atoms with Gasteiger partial charge in [-0.1, -0.05) is 17.4 Å². The van der Waals surface area contributed by atoms with E-state index in [-0.39, 0.29) is 18.4 Å². The molecule has 0 bridgehead atoms. The molecule has 0 spiro atoms. The van der Waals surface area contributed by atoms with Crippen molar-refractivity contribution in [2.45, 2.75) is 13.0 Å². The van der Waals surface area contributed by atoms with Crippen LogP contribution >= 0.6 is 23.7 Å². The molecule has 0 radical (unpaired) electrons. The van der Waals surface area contributed by atoms with Crippen LogP contribution in [0.3, 0.4) is 0 Å². The van der Waals surface area contributed by atoms with Gasteiger partial charge in [-0.05, 0) is 19.1 Å². The highest BCUT2D eigenvalue weighted by atomic mass is 35.5. The second-order valence-corrected chi connectivity index (χ2v) is 4.78. The highest BCUT2D eigenvalue weighted by molar-refractivity contribution is 7.16. The Morgan fingerprint density at radius 2 is 2.17 bits per heavy atom. The van der Waals surface area contributed by atoms with Crippen LogP contribution in [0.15, 0.2) is 30.6 Å². The summed E-state index contributed by atoms with van der Waals surface area (Å²) in [4.78, 5) is 9.59. The van der Waals surface area contributed by atoms with E-state index in [0.717, 1.165) is 21.4 Å². The zero-order chi connectivity index (χ0) is 11.8. The lowest BCUT2D eigenvalue weighted by molar-refractivity contribution is 0.769. The van der Waals surface area contributed by atoms with E-state index in [1.165, 1.54) is 11.3 Å². The maximum absolute atomic E-state index is 5.78. The van der Waals surface area contributed by atoms with Gasteiger partial charge in [0.2, 0.25) is 4.96 Å². The van der Waals surface area contributed by atoms with E-state index in [4.69, 9.17) is 5.73 Å². The van der Waals surface area contributed by atoms with Gasteiger partial charge < -0.3 is 5.73 Å². The van der Waals surface area contributed by atoms with Gasteiger partial charge in [-0.25, -0.2) is 9.50 Å². The van der Waals surface area contributed by atoms with Crippen LogP contribution in [0.2, 0.25) is 0 Å². The van der Waals surface area contributed by atoms with Crippen molar-refractivity contribution in [1.82, 2.24) is 19.6 Å². The molecular formula is C11H12ClN5S. The average molecular weight is 282 g/mol. The van der Waals surface area contributed by atoms with E-state index >= 15 is 0 Å². The summed E-state index contributed by atoms with van der Waals surface area (Å²) in [6.45, 7) is 1.91. The number of hydrogen-bond donors (Lipinski definition) is 1. The number of pyridine rings is 1. The van der Waals surface area contributed by atoms with Crippen LogP contribution in [0.1, 0.15) is 18.0 Å². The van der Waals surface area contributed by atoms with Gasteiger partial charge in [-0.2, -0.15) is 5.10 Å². The van der Waals surface area contributed by atoms with Crippen LogP contribution in [-0.4, -0.2) is 19.6 Å². The molecule has 0 amide bonds. The number of nitrogens with two attached hydrogens (primary N) is 1. The quantitative estimate of drug-likeness (QED) is 0.782. The average Bonchev–Trinajstić information content (AvgIpc) is 2.87. The summed E-state index contributed by atoms with van der Waals surface area (Å²) >= 11 is 1.51. The van der Waals surface area contributed by atoms with Crippen molar-refractivity contribution >= 4 is 28.7 Å². The minimum absolute atomic E-state index is 0. The first kappa shape index (κ1) is 12.9. The lowest BCUT2D eigenvalue weighted by Crippen LogP contribution is -2.04. The Bertz CT molecular complexity index is 614. The first-order valence-electron chi connectivity index (χ1n) is 5.27. The van der Waals surface area contributed by atoms with Crippen LogP contribution in [0, 0.1) is 0 Å². The summed E-state index contributed by atoms with van der Waals surface area (Å²) in [5, 5.41) is 5.27. The smallest absolute Gasteiger partial charge is 0.212 e. The molecule has 3 heterocycles. The van der Waals surface area contributed by atoms with Gasteiger partial charge in [-0.3, -0.25) is 4.98 Å². The number of hydrogen-bond acceptors (Lipinski definition) is 5. The minimum Gasteiger partial charge on any atom is -0.322 e. The third-order valence-corrected chi connectivity index (χ3v) is 3.50. The molecule has 5 nitrogen and oxygen atoms in total. The molecule has 0 aromatic carbocycles. The van der Waals surface area contributed by atoms with Crippen molar-refractivity contribution in [2.75, 3.05) is 0 Å². The van der Waals surface area contributed by atoms with Crippen molar-refractivity contribution < 1.29 is 0 Å². The van der Waals surface area contributed by atoms with Crippen molar-refractivity contribution in [1.29, 1.82) is 0 Å². The van der Waals surface area contributed by atoms with Gasteiger partial charge in [0.05, 0.1) is 17.9 Å². The summed E-state index contributed by atoms with van der Waals surface area (Å²) in [7, 11) is 0. The molecule has 0 aliphatic carbocycles. The highest BCUT2D eigenvalue weighted by Gasteiger charge is 2.11.